The van der Waals surface area contributed by atoms with Gasteiger partial charge in [-0.25, -0.2) is 0 Å². The standard InChI is InChI=1S/C14H22N2O2S/c1-11-3-4-13(19-11)9-15-12-5-7-16(8-6-12)14(17)10-18-2/h3-4,12,15H,5-10H2,1-2H3. The average molecular weight is 282 g/mol. The molecule has 0 aromatic carbocycles. The molecule has 1 aromatic heterocycles. The first kappa shape index (κ1) is 14.5. The number of piperidine rings is 1. The Kier molecular flexibility index (Phi) is 5.36. The van der Waals surface area contributed by atoms with Gasteiger partial charge in [0.1, 0.15) is 6.61 Å². The summed E-state index contributed by atoms with van der Waals surface area (Å²) >= 11 is 1.84. The Bertz CT molecular complexity index is 411. The minimum atomic E-state index is 0.106. The molecule has 1 aliphatic heterocycles. The maximum absolute atomic E-state index is 11.7. The molecular formula is C14H22N2O2S. The summed E-state index contributed by atoms with van der Waals surface area (Å²) in [6.45, 7) is 4.95. The number of rotatable bonds is 5. The normalized spacial score (nSPS) is 16.8. The van der Waals surface area contributed by atoms with E-state index in [0.717, 1.165) is 32.5 Å². The molecule has 0 aliphatic carbocycles. The Hall–Kier alpha value is -0.910. The van der Waals surface area contributed by atoms with E-state index in [4.69, 9.17) is 4.74 Å². The van der Waals surface area contributed by atoms with Gasteiger partial charge < -0.3 is 15.0 Å². The van der Waals surface area contributed by atoms with E-state index in [-0.39, 0.29) is 12.5 Å². The van der Waals surface area contributed by atoms with Crippen LogP contribution >= 0.6 is 11.3 Å². The van der Waals surface area contributed by atoms with Gasteiger partial charge in [0.05, 0.1) is 0 Å². The zero-order valence-electron chi connectivity index (χ0n) is 11.6. The number of nitrogens with one attached hydrogen (secondary N) is 1. The van der Waals surface area contributed by atoms with Crippen LogP contribution in [0.2, 0.25) is 0 Å². The van der Waals surface area contributed by atoms with Crippen molar-refractivity contribution in [1.82, 2.24) is 10.2 Å². The molecule has 2 rings (SSSR count). The minimum Gasteiger partial charge on any atom is -0.375 e. The Morgan fingerprint density at radius 2 is 2.21 bits per heavy atom. The van der Waals surface area contributed by atoms with Gasteiger partial charge in [-0.3, -0.25) is 4.79 Å². The van der Waals surface area contributed by atoms with Gasteiger partial charge in [0.2, 0.25) is 5.91 Å². The van der Waals surface area contributed by atoms with Gasteiger partial charge >= 0.3 is 0 Å². The van der Waals surface area contributed by atoms with Crippen LogP contribution in [-0.4, -0.2) is 43.7 Å². The number of nitrogens with zero attached hydrogens (tertiary/aromatic N) is 1. The molecule has 0 unspecified atom stereocenters. The van der Waals surface area contributed by atoms with Gasteiger partial charge in [-0.15, -0.1) is 11.3 Å². The topological polar surface area (TPSA) is 41.6 Å². The summed E-state index contributed by atoms with van der Waals surface area (Å²) in [5.74, 6) is 0.106. The third-order valence-electron chi connectivity index (χ3n) is 3.48. The number of thiophene rings is 1. The summed E-state index contributed by atoms with van der Waals surface area (Å²) < 4.78 is 4.89. The van der Waals surface area contributed by atoms with E-state index in [9.17, 15) is 4.79 Å². The molecule has 1 aromatic rings. The van der Waals surface area contributed by atoms with E-state index in [0.29, 0.717) is 6.04 Å². The highest BCUT2D eigenvalue weighted by molar-refractivity contribution is 7.11. The van der Waals surface area contributed by atoms with E-state index >= 15 is 0 Å². The zero-order chi connectivity index (χ0) is 13.7. The van der Waals surface area contributed by atoms with Crippen LogP contribution in [0.3, 0.4) is 0 Å². The molecular weight excluding hydrogens is 260 g/mol. The third-order valence-corrected chi connectivity index (χ3v) is 4.48. The lowest BCUT2D eigenvalue weighted by Gasteiger charge is -2.32. The number of hydrogen-bond donors (Lipinski definition) is 1. The second-order valence-electron chi connectivity index (χ2n) is 4.98. The third kappa shape index (κ3) is 4.30. The highest BCUT2D eigenvalue weighted by atomic mass is 32.1. The van der Waals surface area contributed by atoms with Crippen molar-refractivity contribution in [3.05, 3.63) is 21.9 Å². The Balaban J connectivity index is 1.70. The van der Waals surface area contributed by atoms with Gasteiger partial charge in [0.15, 0.2) is 0 Å². The molecule has 5 heteroatoms. The molecule has 2 heterocycles. The fourth-order valence-electron chi connectivity index (χ4n) is 2.37. The second kappa shape index (κ2) is 7.03. The molecule has 4 nitrogen and oxygen atoms in total. The molecule has 1 aliphatic rings. The molecule has 1 saturated heterocycles. The molecule has 19 heavy (non-hydrogen) atoms. The Morgan fingerprint density at radius 3 is 2.79 bits per heavy atom. The molecule has 0 spiro atoms. The van der Waals surface area contributed by atoms with Crippen molar-refractivity contribution in [3.8, 4) is 0 Å². The zero-order valence-corrected chi connectivity index (χ0v) is 12.5. The lowest BCUT2D eigenvalue weighted by molar-refractivity contribution is -0.136. The van der Waals surface area contributed by atoms with Crippen LogP contribution in [0.1, 0.15) is 22.6 Å². The van der Waals surface area contributed by atoms with Gasteiger partial charge in [-0.1, -0.05) is 0 Å². The maximum atomic E-state index is 11.7. The lowest BCUT2D eigenvalue weighted by Crippen LogP contribution is -2.45. The molecule has 106 valence electrons. The summed E-state index contributed by atoms with van der Waals surface area (Å²) in [6.07, 6.45) is 2.06. The molecule has 0 radical (unpaired) electrons. The van der Waals surface area contributed by atoms with Crippen molar-refractivity contribution in [1.29, 1.82) is 0 Å². The summed E-state index contributed by atoms with van der Waals surface area (Å²) in [5.41, 5.74) is 0. The number of hydrogen-bond acceptors (Lipinski definition) is 4. The van der Waals surface area contributed by atoms with Gasteiger partial charge in [0.25, 0.3) is 0 Å². The molecule has 0 atom stereocenters. The Labute approximate surface area is 118 Å². The highest BCUT2D eigenvalue weighted by Crippen LogP contribution is 2.16. The van der Waals surface area contributed by atoms with Gasteiger partial charge in [-0.05, 0) is 31.9 Å². The summed E-state index contributed by atoms with van der Waals surface area (Å²) in [4.78, 5) is 16.3. The first-order valence-electron chi connectivity index (χ1n) is 6.74. The summed E-state index contributed by atoms with van der Waals surface area (Å²) in [5, 5.41) is 3.58. The first-order valence-corrected chi connectivity index (χ1v) is 7.56. The first-order chi connectivity index (χ1) is 9.19. The van der Waals surface area contributed by atoms with Crippen LogP contribution in [0, 0.1) is 6.92 Å². The molecule has 1 N–H and O–H groups in total. The molecule has 1 fully saturated rings. The van der Waals surface area contributed by atoms with E-state index in [1.807, 2.05) is 16.2 Å². The van der Waals surface area contributed by atoms with E-state index in [2.05, 4.69) is 24.4 Å². The number of ether oxygens (including phenoxy) is 1. The second-order valence-corrected chi connectivity index (χ2v) is 6.35. The fourth-order valence-corrected chi connectivity index (χ4v) is 3.21. The predicted octanol–water partition coefficient (Wildman–Crippen LogP) is 1.78. The Morgan fingerprint density at radius 1 is 1.47 bits per heavy atom. The number of carbonyl (C=O) groups excluding carboxylic acids is 1. The van der Waals surface area contributed by atoms with E-state index in [1.165, 1.54) is 9.75 Å². The van der Waals surface area contributed by atoms with Crippen molar-refractivity contribution in [3.63, 3.8) is 0 Å². The number of likely N-dealkylation sites (tertiary alicyclic amines) is 1. The molecule has 0 saturated carbocycles. The van der Waals surface area contributed by atoms with Crippen molar-refractivity contribution < 1.29 is 9.53 Å². The summed E-state index contributed by atoms with van der Waals surface area (Å²) in [7, 11) is 1.56. The number of amides is 1. The predicted molar refractivity (Wildman–Crippen MR) is 77.4 cm³/mol. The number of aryl methyl sites for hydroxylation is 1. The highest BCUT2D eigenvalue weighted by Gasteiger charge is 2.22. The van der Waals surface area contributed by atoms with Crippen molar-refractivity contribution in [2.45, 2.75) is 32.4 Å². The smallest absolute Gasteiger partial charge is 0.248 e. The molecule has 0 bridgehead atoms. The van der Waals surface area contributed by atoms with Crippen molar-refractivity contribution in [2.24, 2.45) is 0 Å². The average Bonchev–Trinajstić information content (AvgIpc) is 2.83. The minimum absolute atomic E-state index is 0.106. The van der Waals surface area contributed by atoms with Crippen molar-refractivity contribution in [2.75, 3.05) is 26.8 Å². The van der Waals surface area contributed by atoms with Crippen LogP contribution in [-0.2, 0) is 16.1 Å². The van der Waals surface area contributed by atoms with Crippen LogP contribution in [0.4, 0.5) is 0 Å². The lowest BCUT2D eigenvalue weighted by atomic mass is 10.1. The fraction of sp³-hybridized carbons (Fsp3) is 0.643. The quantitative estimate of drug-likeness (QED) is 0.895. The van der Waals surface area contributed by atoms with Gasteiger partial charge in [-0.2, -0.15) is 0 Å². The number of carbonyl (C=O) groups is 1. The largest absolute Gasteiger partial charge is 0.375 e. The monoisotopic (exact) mass is 282 g/mol. The molecule has 1 amide bonds. The van der Waals surface area contributed by atoms with Crippen LogP contribution < -0.4 is 5.32 Å². The van der Waals surface area contributed by atoms with Crippen molar-refractivity contribution >= 4 is 17.2 Å². The summed E-state index contributed by atoms with van der Waals surface area (Å²) in [6, 6.07) is 4.87. The van der Waals surface area contributed by atoms with Crippen LogP contribution in [0.25, 0.3) is 0 Å². The van der Waals surface area contributed by atoms with E-state index < -0.39 is 0 Å². The number of methoxy groups -OCH3 is 1. The van der Waals surface area contributed by atoms with E-state index in [1.54, 1.807) is 7.11 Å². The maximum Gasteiger partial charge on any atom is 0.248 e. The van der Waals surface area contributed by atoms with Crippen LogP contribution in [0.15, 0.2) is 12.1 Å². The van der Waals surface area contributed by atoms with Gasteiger partial charge in [0, 0.05) is 42.5 Å². The van der Waals surface area contributed by atoms with Crippen LogP contribution in [0.5, 0.6) is 0 Å². The SMILES string of the molecule is COCC(=O)N1CCC(NCc2ccc(C)s2)CC1.